The van der Waals surface area contributed by atoms with Gasteiger partial charge in [0.25, 0.3) is 0 Å². The zero-order valence-electron chi connectivity index (χ0n) is 42.5. The number of esters is 2. The lowest BCUT2D eigenvalue weighted by Crippen LogP contribution is -2.30. The van der Waals surface area contributed by atoms with Gasteiger partial charge in [0, 0.05) is 19.4 Å². The molecule has 0 aliphatic heterocycles. The summed E-state index contributed by atoms with van der Waals surface area (Å²) in [5, 5.41) is 0. The smallest absolute Gasteiger partial charge is 0.306 e. The first-order valence-corrected chi connectivity index (χ1v) is 27.5. The maximum atomic E-state index is 12.8. The summed E-state index contributed by atoms with van der Waals surface area (Å²) >= 11 is 0. The van der Waals surface area contributed by atoms with Crippen molar-refractivity contribution in [2.24, 2.45) is 0 Å². The van der Waals surface area contributed by atoms with E-state index in [1.165, 1.54) is 148 Å². The monoisotopic (exact) mass is 893 g/mol. The molecule has 0 spiro atoms. The van der Waals surface area contributed by atoms with Crippen LogP contribution >= 0.6 is 0 Å². The standard InChI is InChI=1S/C59H104O5/c1-4-7-10-13-16-19-22-25-27-29-31-33-36-39-42-45-48-51-54-62-55-57(64-59(61)53-50-47-44-41-38-34-24-21-18-15-12-9-6-3)56-63-58(60)52-49-46-43-40-37-35-32-30-28-26-23-20-17-14-11-8-5-2/h7,10,16-17,19-21,24-28,57H,4-6,8-9,11-15,18,22-23,29-56H2,1-3H3/b10-7-,19-16-,20-17-,24-21-,27-25-,28-26-. The van der Waals surface area contributed by atoms with E-state index in [0.717, 1.165) is 83.5 Å². The highest BCUT2D eigenvalue weighted by atomic mass is 16.6. The minimum Gasteiger partial charge on any atom is -0.462 e. The molecule has 0 fully saturated rings. The van der Waals surface area contributed by atoms with E-state index in [4.69, 9.17) is 14.2 Å². The van der Waals surface area contributed by atoms with Crippen molar-refractivity contribution in [2.45, 2.75) is 271 Å². The Balaban J connectivity index is 4.28. The fourth-order valence-corrected chi connectivity index (χ4v) is 7.61. The summed E-state index contributed by atoms with van der Waals surface area (Å²) < 4.78 is 17.4. The van der Waals surface area contributed by atoms with Gasteiger partial charge in [-0.2, -0.15) is 0 Å². The third-order valence-electron chi connectivity index (χ3n) is 11.7. The lowest BCUT2D eigenvalue weighted by molar-refractivity contribution is -0.163. The number of unbranched alkanes of at least 4 members (excludes halogenated alkanes) is 27. The molecule has 0 aromatic heterocycles. The molecular weight excluding hydrogens is 789 g/mol. The first-order chi connectivity index (χ1) is 31.6. The molecule has 0 heterocycles. The summed E-state index contributed by atoms with van der Waals surface area (Å²) in [5.74, 6) is -0.415. The minimum absolute atomic E-state index is 0.0736. The van der Waals surface area contributed by atoms with Crippen LogP contribution < -0.4 is 0 Å². The first kappa shape index (κ1) is 61.3. The SMILES string of the molecule is CC/C=C\C/C=C\C/C=C\CCCCCCCCCCOCC(COC(=O)CCCCCCCCC/C=C\C/C=C\CCCCC)OC(=O)CCCCCCC/C=C\CCCCCC. The van der Waals surface area contributed by atoms with Crippen LogP contribution in [0.15, 0.2) is 72.9 Å². The number of allylic oxidation sites excluding steroid dienone is 12. The zero-order chi connectivity index (χ0) is 46.3. The van der Waals surface area contributed by atoms with E-state index in [0.29, 0.717) is 19.4 Å². The lowest BCUT2D eigenvalue weighted by atomic mass is 10.1. The molecule has 0 aromatic rings. The van der Waals surface area contributed by atoms with Gasteiger partial charge in [-0.25, -0.2) is 0 Å². The summed E-state index contributed by atoms with van der Waals surface area (Å²) in [4.78, 5) is 25.4. The molecule has 1 atom stereocenters. The lowest BCUT2D eigenvalue weighted by Gasteiger charge is -2.18. The number of carbonyl (C=O) groups is 2. The molecule has 0 saturated heterocycles. The quantitative estimate of drug-likeness (QED) is 0.0346. The Labute approximate surface area is 397 Å². The number of carbonyl (C=O) groups excluding carboxylic acids is 2. The van der Waals surface area contributed by atoms with E-state index in [1.54, 1.807) is 0 Å². The van der Waals surface area contributed by atoms with Crippen molar-refractivity contribution in [2.75, 3.05) is 19.8 Å². The van der Waals surface area contributed by atoms with Crippen LogP contribution in [0.5, 0.6) is 0 Å². The Kier molecular flexibility index (Phi) is 52.4. The van der Waals surface area contributed by atoms with Crippen LogP contribution in [0.3, 0.4) is 0 Å². The molecule has 5 nitrogen and oxygen atoms in total. The topological polar surface area (TPSA) is 61.8 Å². The molecule has 0 saturated carbocycles. The van der Waals surface area contributed by atoms with Crippen LogP contribution in [0, 0.1) is 0 Å². The Hall–Kier alpha value is -2.66. The van der Waals surface area contributed by atoms with E-state index in [-0.39, 0.29) is 25.2 Å². The van der Waals surface area contributed by atoms with Gasteiger partial charge in [0.2, 0.25) is 0 Å². The van der Waals surface area contributed by atoms with E-state index in [9.17, 15) is 9.59 Å². The molecule has 0 bridgehead atoms. The minimum atomic E-state index is -0.550. The van der Waals surface area contributed by atoms with Crippen LogP contribution in [-0.2, 0) is 23.8 Å². The highest BCUT2D eigenvalue weighted by Gasteiger charge is 2.17. The van der Waals surface area contributed by atoms with Gasteiger partial charge in [0.1, 0.15) is 6.61 Å². The van der Waals surface area contributed by atoms with Crippen molar-refractivity contribution >= 4 is 11.9 Å². The van der Waals surface area contributed by atoms with Gasteiger partial charge in [0.15, 0.2) is 6.10 Å². The van der Waals surface area contributed by atoms with Crippen molar-refractivity contribution < 1.29 is 23.8 Å². The van der Waals surface area contributed by atoms with Crippen molar-refractivity contribution in [3.8, 4) is 0 Å². The van der Waals surface area contributed by atoms with E-state index in [1.807, 2.05) is 0 Å². The third kappa shape index (κ3) is 52.0. The second-order valence-corrected chi connectivity index (χ2v) is 18.1. The molecule has 0 radical (unpaired) electrons. The fraction of sp³-hybridized carbons (Fsp3) is 0.763. The number of hydrogen-bond donors (Lipinski definition) is 0. The summed E-state index contributed by atoms with van der Waals surface area (Å²) in [6.45, 7) is 7.67. The second kappa shape index (κ2) is 54.7. The van der Waals surface area contributed by atoms with Gasteiger partial charge >= 0.3 is 11.9 Å². The Morgan fingerprint density at radius 1 is 0.359 bits per heavy atom. The van der Waals surface area contributed by atoms with Crippen LogP contribution in [0.1, 0.15) is 265 Å². The molecule has 0 aromatic carbocycles. The average molecular weight is 893 g/mol. The Bertz CT molecular complexity index is 1150. The summed E-state index contributed by atoms with van der Waals surface area (Å²) in [7, 11) is 0. The molecule has 0 aliphatic rings. The highest BCUT2D eigenvalue weighted by molar-refractivity contribution is 5.70. The highest BCUT2D eigenvalue weighted by Crippen LogP contribution is 2.14. The van der Waals surface area contributed by atoms with Crippen molar-refractivity contribution in [3.05, 3.63) is 72.9 Å². The zero-order valence-corrected chi connectivity index (χ0v) is 42.5. The molecule has 64 heavy (non-hydrogen) atoms. The molecular formula is C59H104O5. The Morgan fingerprint density at radius 3 is 1.17 bits per heavy atom. The maximum absolute atomic E-state index is 12.8. The molecule has 1 unspecified atom stereocenters. The second-order valence-electron chi connectivity index (χ2n) is 18.1. The predicted molar refractivity (Wildman–Crippen MR) is 279 cm³/mol. The van der Waals surface area contributed by atoms with Crippen molar-refractivity contribution in [1.82, 2.24) is 0 Å². The van der Waals surface area contributed by atoms with Gasteiger partial charge in [-0.15, -0.1) is 0 Å². The number of rotatable bonds is 50. The molecule has 0 aliphatic carbocycles. The molecule has 0 amide bonds. The normalized spacial score (nSPS) is 12.7. The van der Waals surface area contributed by atoms with Crippen LogP contribution in [0.2, 0.25) is 0 Å². The molecule has 370 valence electrons. The van der Waals surface area contributed by atoms with E-state index < -0.39 is 6.10 Å². The van der Waals surface area contributed by atoms with Crippen LogP contribution in [-0.4, -0.2) is 37.9 Å². The fourth-order valence-electron chi connectivity index (χ4n) is 7.61. The summed E-state index contributed by atoms with van der Waals surface area (Å²) in [5.41, 5.74) is 0. The maximum Gasteiger partial charge on any atom is 0.306 e. The number of ether oxygens (including phenoxy) is 3. The summed E-state index contributed by atoms with van der Waals surface area (Å²) in [6, 6.07) is 0. The van der Waals surface area contributed by atoms with E-state index in [2.05, 4.69) is 93.7 Å². The van der Waals surface area contributed by atoms with Gasteiger partial charge in [-0.1, -0.05) is 216 Å². The van der Waals surface area contributed by atoms with Gasteiger partial charge in [-0.05, 0) is 109 Å². The van der Waals surface area contributed by atoms with Crippen LogP contribution in [0.25, 0.3) is 0 Å². The van der Waals surface area contributed by atoms with Crippen LogP contribution in [0.4, 0.5) is 0 Å². The van der Waals surface area contributed by atoms with Crippen molar-refractivity contribution in [3.63, 3.8) is 0 Å². The third-order valence-corrected chi connectivity index (χ3v) is 11.7. The number of hydrogen-bond acceptors (Lipinski definition) is 5. The molecule has 0 N–H and O–H groups in total. The largest absolute Gasteiger partial charge is 0.462 e. The van der Waals surface area contributed by atoms with Gasteiger partial charge in [0.05, 0.1) is 6.61 Å². The van der Waals surface area contributed by atoms with Gasteiger partial charge < -0.3 is 14.2 Å². The molecule has 5 heteroatoms. The average Bonchev–Trinajstić information content (AvgIpc) is 3.30. The van der Waals surface area contributed by atoms with Gasteiger partial charge in [-0.3, -0.25) is 9.59 Å². The predicted octanol–water partition coefficient (Wildman–Crippen LogP) is 18.7. The van der Waals surface area contributed by atoms with Crippen molar-refractivity contribution in [1.29, 1.82) is 0 Å². The van der Waals surface area contributed by atoms with E-state index >= 15 is 0 Å². The Morgan fingerprint density at radius 2 is 0.703 bits per heavy atom. The molecule has 0 rings (SSSR count). The summed E-state index contributed by atoms with van der Waals surface area (Å²) in [6.07, 6.45) is 70.5. The first-order valence-electron chi connectivity index (χ1n) is 27.5.